The number of primary sulfonamides is 1. The number of rotatable bonds is 3. The summed E-state index contributed by atoms with van der Waals surface area (Å²) < 4.78 is 28.8. The lowest BCUT2D eigenvalue weighted by Gasteiger charge is -2.16. The molecule has 11 heteroatoms. The number of hydrogen-bond donors (Lipinski definition) is 4. The third-order valence-corrected chi connectivity index (χ3v) is 5.18. The van der Waals surface area contributed by atoms with Crippen molar-refractivity contribution in [2.75, 3.05) is 10.6 Å². The second-order valence-electron chi connectivity index (χ2n) is 5.02. The van der Waals surface area contributed by atoms with Gasteiger partial charge in [0, 0.05) is 6.07 Å². The number of fused-ring (bicyclic) bond motifs is 1. The fourth-order valence-electron chi connectivity index (χ4n) is 2.34. The summed E-state index contributed by atoms with van der Waals surface area (Å²) >= 11 is 12.0. The minimum atomic E-state index is -4.31. The molecule has 0 aromatic heterocycles. The smallest absolute Gasteiger partial charge is 0.249 e. The summed E-state index contributed by atoms with van der Waals surface area (Å²) in [4.78, 5) is -0.675. The molecule has 0 saturated carbocycles. The number of hydrogen-bond acceptors (Lipinski definition) is 7. The normalized spacial score (nSPS) is 15.7. The van der Waals surface area contributed by atoms with E-state index in [9.17, 15) is 13.5 Å². The Morgan fingerprint density at radius 3 is 2.76 bits per heavy atom. The highest BCUT2D eigenvalue weighted by Gasteiger charge is 2.32. The van der Waals surface area contributed by atoms with Gasteiger partial charge < -0.3 is 20.5 Å². The molecule has 130 valence electrons. The van der Waals surface area contributed by atoms with Crippen LogP contribution in [-0.2, 0) is 10.0 Å². The zero-order valence-corrected chi connectivity index (χ0v) is 14.6. The molecule has 1 heterocycles. The number of anilines is 2. The first-order valence-corrected chi connectivity index (χ1v) is 8.99. The molecule has 0 aliphatic carbocycles. The van der Waals surface area contributed by atoms with Gasteiger partial charge in [0.2, 0.25) is 16.4 Å². The monoisotopic (exact) mass is 400 g/mol. The number of aromatic hydroxyl groups is 1. The van der Waals surface area contributed by atoms with Gasteiger partial charge in [0.05, 0.1) is 21.3 Å². The Kier molecular flexibility index (Phi) is 4.30. The molecule has 1 aliphatic heterocycles. The Hall–Kier alpha value is -2.38. The van der Waals surface area contributed by atoms with Gasteiger partial charge in [-0.25, -0.2) is 13.6 Å². The molecule has 2 aromatic rings. The molecule has 0 saturated heterocycles. The Balaban J connectivity index is 1.97. The zero-order chi connectivity index (χ0) is 18.4. The molecule has 5 N–H and O–H groups in total. The van der Waals surface area contributed by atoms with Gasteiger partial charge in [-0.1, -0.05) is 29.3 Å². The van der Waals surface area contributed by atoms with E-state index in [-0.39, 0.29) is 22.0 Å². The highest BCUT2D eigenvalue weighted by atomic mass is 35.5. The van der Waals surface area contributed by atoms with Crippen molar-refractivity contribution in [3.05, 3.63) is 39.9 Å². The second-order valence-corrected chi connectivity index (χ2v) is 7.30. The van der Waals surface area contributed by atoms with Crippen LogP contribution in [0.1, 0.15) is 5.56 Å². The Morgan fingerprint density at radius 1 is 1.40 bits per heavy atom. The molecule has 0 amide bonds. The number of phenols is 1. The average molecular weight is 401 g/mol. The average Bonchev–Trinajstić information content (AvgIpc) is 2.93. The van der Waals surface area contributed by atoms with E-state index in [1.807, 2.05) is 0 Å². The van der Waals surface area contributed by atoms with E-state index >= 15 is 0 Å². The van der Waals surface area contributed by atoms with E-state index in [0.717, 1.165) is 0 Å². The lowest BCUT2D eigenvalue weighted by atomic mass is 10.2. The lowest BCUT2D eigenvalue weighted by molar-refractivity contribution is 0.283. The summed E-state index contributed by atoms with van der Waals surface area (Å²) in [6, 6.07) is 7.77. The van der Waals surface area contributed by atoms with Crippen molar-refractivity contribution in [2.45, 2.75) is 11.2 Å². The fraction of sp³-hybridized carbons (Fsp3) is 0.0714. The van der Waals surface area contributed by atoms with Crippen molar-refractivity contribution in [1.82, 2.24) is 0 Å². The largest absolute Gasteiger partial charge is 0.504 e. The van der Waals surface area contributed by atoms with Gasteiger partial charge in [-0.3, -0.25) is 0 Å². The predicted molar refractivity (Wildman–Crippen MR) is 92.3 cm³/mol. The number of ether oxygens (including phenoxy) is 1. The summed E-state index contributed by atoms with van der Waals surface area (Å²) in [5.74, 6) is -0.616. The molecule has 2 aromatic carbocycles. The van der Waals surface area contributed by atoms with Crippen molar-refractivity contribution >= 4 is 44.6 Å². The molecule has 1 aliphatic rings. The van der Waals surface area contributed by atoms with Crippen LogP contribution in [0.2, 0.25) is 10.0 Å². The molecule has 3 rings (SSSR count). The molecular weight excluding hydrogens is 391 g/mol. The van der Waals surface area contributed by atoms with Gasteiger partial charge in [-0.05, 0) is 12.1 Å². The Morgan fingerprint density at radius 2 is 2.12 bits per heavy atom. The molecule has 0 bridgehead atoms. The molecule has 8 nitrogen and oxygen atoms in total. The number of benzene rings is 2. The van der Waals surface area contributed by atoms with Crippen molar-refractivity contribution in [1.29, 1.82) is 5.26 Å². The summed E-state index contributed by atoms with van der Waals surface area (Å²) in [5.41, 5.74) is 0.104. The number of nitrogens with zero attached hydrogens (tertiary/aromatic N) is 1. The highest BCUT2D eigenvalue weighted by molar-refractivity contribution is 7.89. The Bertz CT molecular complexity index is 1020. The maximum Gasteiger partial charge on any atom is 0.249 e. The van der Waals surface area contributed by atoms with E-state index in [1.54, 1.807) is 24.3 Å². The second kappa shape index (κ2) is 6.16. The SMILES string of the molecule is N#Cc1cc2c(c(O)c1S(N)(=O)=O)NC(Nc1cccc(Cl)c1Cl)O2. The van der Waals surface area contributed by atoms with Gasteiger partial charge in [0.15, 0.2) is 11.5 Å². The number of nitrogens with one attached hydrogen (secondary N) is 2. The van der Waals surface area contributed by atoms with Crippen LogP contribution in [0.3, 0.4) is 0 Å². The van der Waals surface area contributed by atoms with E-state index in [0.29, 0.717) is 10.7 Å². The number of halogens is 2. The standard InChI is InChI=1S/C14H10Cl2N4O4S/c15-7-2-1-3-8(10(7)16)19-14-20-11-9(24-14)4-6(5-17)13(12(11)21)25(18,22)23/h1-4,14,19-21H,(H2,18,22,23). The van der Waals surface area contributed by atoms with Crippen molar-refractivity contribution in [3.63, 3.8) is 0 Å². The first-order valence-electron chi connectivity index (χ1n) is 6.69. The van der Waals surface area contributed by atoms with Crippen molar-refractivity contribution in [2.24, 2.45) is 5.14 Å². The van der Waals surface area contributed by atoms with Gasteiger partial charge in [-0.15, -0.1) is 0 Å². The molecule has 0 fully saturated rings. The van der Waals surface area contributed by atoms with Gasteiger partial charge in [0.25, 0.3) is 0 Å². The van der Waals surface area contributed by atoms with Gasteiger partial charge >= 0.3 is 0 Å². The lowest BCUT2D eigenvalue weighted by Crippen LogP contribution is -2.29. The molecule has 0 spiro atoms. The minimum Gasteiger partial charge on any atom is -0.504 e. The van der Waals surface area contributed by atoms with Crippen LogP contribution >= 0.6 is 23.2 Å². The van der Waals surface area contributed by atoms with Crippen LogP contribution < -0.4 is 20.5 Å². The van der Waals surface area contributed by atoms with E-state index in [2.05, 4.69) is 10.6 Å². The Labute approximate surface area is 152 Å². The van der Waals surface area contributed by atoms with Crippen LogP contribution in [0.4, 0.5) is 11.4 Å². The topological polar surface area (TPSA) is 137 Å². The number of sulfonamides is 1. The summed E-state index contributed by atoms with van der Waals surface area (Å²) in [6.45, 7) is 0. The molecular formula is C14H10Cl2N4O4S. The van der Waals surface area contributed by atoms with Crippen LogP contribution in [0.25, 0.3) is 0 Å². The van der Waals surface area contributed by atoms with Crippen molar-refractivity contribution < 1.29 is 18.3 Å². The summed E-state index contributed by atoms with van der Waals surface area (Å²) in [5, 5.41) is 30.6. The van der Waals surface area contributed by atoms with Crippen LogP contribution in [0, 0.1) is 11.3 Å². The molecule has 1 atom stereocenters. The third kappa shape index (κ3) is 3.12. The predicted octanol–water partition coefficient (Wildman–Crippen LogP) is 2.42. The molecule has 1 unspecified atom stereocenters. The number of nitrogens with two attached hydrogens (primary N) is 1. The number of phenolic OH excluding ortho intramolecular Hbond substituents is 1. The maximum atomic E-state index is 11.6. The molecule has 0 radical (unpaired) electrons. The first kappa shape index (κ1) is 17.4. The van der Waals surface area contributed by atoms with Crippen LogP contribution in [-0.4, -0.2) is 19.9 Å². The maximum absolute atomic E-state index is 11.6. The van der Waals surface area contributed by atoms with Crippen LogP contribution in [0.15, 0.2) is 29.2 Å². The summed E-state index contributed by atoms with van der Waals surface area (Å²) in [7, 11) is -4.31. The fourth-order valence-corrected chi connectivity index (χ4v) is 3.48. The van der Waals surface area contributed by atoms with E-state index < -0.39 is 27.0 Å². The minimum absolute atomic E-state index is 0.0151. The quantitative estimate of drug-likeness (QED) is 0.580. The van der Waals surface area contributed by atoms with Gasteiger partial charge in [-0.2, -0.15) is 5.26 Å². The summed E-state index contributed by atoms with van der Waals surface area (Å²) in [6.07, 6.45) is -0.890. The van der Waals surface area contributed by atoms with E-state index in [1.165, 1.54) is 6.07 Å². The van der Waals surface area contributed by atoms with Gasteiger partial charge in [0.1, 0.15) is 16.7 Å². The van der Waals surface area contributed by atoms with Crippen LogP contribution in [0.5, 0.6) is 11.5 Å². The van der Waals surface area contributed by atoms with Crippen molar-refractivity contribution in [3.8, 4) is 17.6 Å². The zero-order valence-electron chi connectivity index (χ0n) is 12.2. The first-order chi connectivity index (χ1) is 11.7. The van der Waals surface area contributed by atoms with E-state index in [4.69, 9.17) is 38.3 Å². The highest BCUT2D eigenvalue weighted by Crippen LogP contribution is 2.45. The molecule has 25 heavy (non-hydrogen) atoms. The third-order valence-electron chi connectivity index (χ3n) is 3.38. The number of nitriles is 1.